The molecule has 20 heavy (non-hydrogen) atoms. The van der Waals surface area contributed by atoms with Crippen molar-refractivity contribution in [3.63, 3.8) is 0 Å². The fourth-order valence-electron chi connectivity index (χ4n) is 1.82. The summed E-state index contributed by atoms with van der Waals surface area (Å²) in [5.41, 5.74) is 1.97. The van der Waals surface area contributed by atoms with Crippen LogP contribution >= 0.6 is 27.7 Å². The molecule has 0 saturated heterocycles. The quantitative estimate of drug-likeness (QED) is 0.750. The highest BCUT2D eigenvalue weighted by Crippen LogP contribution is 2.31. The van der Waals surface area contributed by atoms with Crippen LogP contribution in [0.3, 0.4) is 0 Å². The third-order valence-corrected chi connectivity index (χ3v) is 4.37. The summed E-state index contributed by atoms with van der Waals surface area (Å²) in [6.45, 7) is 0. The van der Waals surface area contributed by atoms with Crippen molar-refractivity contribution >= 4 is 44.7 Å². The van der Waals surface area contributed by atoms with Gasteiger partial charge >= 0.3 is 0 Å². The molecule has 1 aliphatic rings. The van der Waals surface area contributed by atoms with Gasteiger partial charge in [-0.25, -0.2) is 4.99 Å². The van der Waals surface area contributed by atoms with E-state index >= 15 is 0 Å². The molecule has 2 aromatic rings. The predicted molar refractivity (Wildman–Crippen MR) is 87.7 cm³/mol. The van der Waals surface area contributed by atoms with Crippen LogP contribution in [0.4, 0.5) is 0 Å². The van der Waals surface area contributed by atoms with Crippen molar-refractivity contribution in [1.82, 2.24) is 0 Å². The first-order valence-corrected chi connectivity index (χ1v) is 7.67. The van der Waals surface area contributed by atoms with Crippen LogP contribution in [0.1, 0.15) is 11.1 Å². The normalized spacial score (nSPS) is 16.6. The molecule has 3 rings (SSSR count). The Kier molecular flexibility index (Phi) is 3.85. The van der Waals surface area contributed by atoms with E-state index in [1.807, 2.05) is 60.7 Å². The van der Waals surface area contributed by atoms with Crippen molar-refractivity contribution < 1.29 is 4.79 Å². The average Bonchev–Trinajstić information content (AvgIpc) is 2.84. The topological polar surface area (TPSA) is 29.4 Å². The summed E-state index contributed by atoms with van der Waals surface area (Å²) in [4.78, 5) is 16.7. The zero-order chi connectivity index (χ0) is 13.9. The second-order valence-electron chi connectivity index (χ2n) is 4.25. The Hall–Kier alpha value is -1.65. The first kappa shape index (κ1) is 13.3. The zero-order valence-electron chi connectivity index (χ0n) is 10.4. The van der Waals surface area contributed by atoms with E-state index in [2.05, 4.69) is 20.9 Å². The number of hydrogen-bond donors (Lipinski definition) is 0. The van der Waals surface area contributed by atoms with Gasteiger partial charge in [0, 0.05) is 10.0 Å². The van der Waals surface area contributed by atoms with Crippen LogP contribution in [0, 0.1) is 0 Å². The molecule has 0 saturated carbocycles. The summed E-state index contributed by atoms with van der Waals surface area (Å²) >= 11 is 4.82. The monoisotopic (exact) mass is 343 g/mol. The number of benzene rings is 2. The van der Waals surface area contributed by atoms with E-state index in [0.717, 1.165) is 20.6 Å². The third-order valence-electron chi connectivity index (χ3n) is 2.81. The van der Waals surface area contributed by atoms with Crippen LogP contribution < -0.4 is 0 Å². The summed E-state index contributed by atoms with van der Waals surface area (Å²) in [6.07, 6.45) is 1.87. The summed E-state index contributed by atoms with van der Waals surface area (Å²) in [6, 6.07) is 17.6. The number of thioether (sulfide) groups is 1. The van der Waals surface area contributed by atoms with E-state index in [1.54, 1.807) is 0 Å². The van der Waals surface area contributed by atoms with Gasteiger partial charge in [-0.1, -0.05) is 70.2 Å². The number of rotatable bonds is 2. The van der Waals surface area contributed by atoms with E-state index in [9.17, 15) is 4.79 Å². The summed E-state index contributed by atoms with van der Waals surface area (Å²) < 4.78 is 1.02. The highest BCUT2D eigenvalue weighted by molar-refractivity contribution is 9.10. The summed E-state index contributed by atoms with van der Waals surface area (Å²) in [7, 11) is 0. The maximum absolute atomic E-state index is 11.9. The largest absolute Gasteiger partial charge is 0.284 e. The Balaban J connectivity index is 1.85. The van der Waals surface area contributed by atoms with Crippen molar-refractivity contribution in [2.45, 2.75) is 0 Å². The summed E-state index contributed by atoms with van der Waals surface area (Å²) in [5, 5.41) is 0.763. The number of halogens is 1. The molecule has 0 aliphatic carbocycles. The number of hydrogen-bond acceptors (Lipinski definition) is 2. The third kappa shape index (κ3) is 2.92. The summed E-state index contributed by atoms with van der Waals surface area (Å²) in [5.74, 6) is -0.170. The van der Waals surface area contributed by atoms with Crippen molar-refractivity contribution in [2.24, 2.45) is 4.99 Å². The highest BCUT2D eigenvalue weighted by Gasteiger charge is 2.22. The van der Waals surface area contributed by atoms with Crippen LogP contribution in [0.15, 0.2) is 69.0 Å². The van der Waals surface area contributed by atoms with Gasteiger partial charge in [0.15, 0.2) is 0 Å². The molecule has 98 valence electrons. The van der Waals surface area contributed by atoms with E-state index in [0.29, 0.717) is 4.91 Å². The smallest absolute Gasteiger partial charge is 0.266 e. The fourth-order valence-corrected chi connectivity index (χ4v) is 3.01. The Labute approximate surface area is 129 Å². The minimum atomic E-state index is -0.170. The Morgan fingerprint density at radius 2 is 1.70 bits per heavy atom. The highest BCUT2D eigenvalue weighted by atomic mass is 79.9. The minimum absolute atomic E-state index is 0.170. The van der Waals surface area contributed by atoms with Crippen LogP contribution in [0.2, 0.25) is 0 Å². The van der Waals surface area contributed by atoms with Gasteiger partial charge in [-0.05, 0) is 23.8 Å². The first-order valence-electron chi connectivity index (χ1n) is 6.06. The molecule has 2 nitrogen and oxygen atoms in total. The molecule has 1 heterocycles. The number of carbonyl (C=O) groups excluding carboxylic acids is 1. The molecule has 0 spiro atoms. The molecular weight excluding hydrogens is 334 g/mol. The molecule has 1 amide bonds. The Morgan fingerprint density at radius 1 is 1.00 bits per heavy atom. The van der Waals surface area contributed by atoms with Gasteiger partial charge in [-0.15, -0.1) is 0 Å². The lowest BCUT2D eigenvalue weighted by Crippen LogP contribution is -1.89. The number of carbonyl (C=O) groups is 1. The maximum atomic E-state index is 11.9. The molecule has 0 fully saturated rings. The van der Waals surface area contributed by atoms with E-state index < -0.39 is 0 Å². The molecule has 0 unspecified atom stereocenters. The molecule has 0 radical (unpaired) electrons. The van der Waals surface area contributed by atoms with Crippen molar-refractivity contribution in [3.8, 4) is 0 Å². The van der Waals surface area contributed by atoms with Gasteiger partial charge in [0.1, 0.15) is 5.04 Å². The van der Waals surface area contributed by atoms with Gasteiger partial charge in [-0.3, -0.25) is 4.79 Å². The van der Waals surface area contributed by atoms with Crippen LogP contribution in [-0.4, -0.2) is 11.0 Å². The maximum Gasteiger partial charge on any atom is 0.284 e. The zero-order valence-corrected chi connectivity index (χ0v) is 12.8. The van der Waals surface area contributed by atoms with Gasteiger partial charge in [0.25, 0.3) is 5.91 Å². The van der Waals surface area contributed by atoms with Crippen molar-refractivity contribution in [1.29, 1.82) is 0 Å². The lowest BCUT2D eigenvalue weighted by molar-refractivity contribution is -0.113. The molecular formula is C16H10BrNOS. The van der Waals surface area contributed by atoms with Crippen LogP contribution in [-0.2, 0) is 4.79 Å². The van der Waals surface area contributed by atoms with Crippen molar-refractivity contribution in [2.75, 3.05) is 0 Å². The number of amides is 1. The van der Waals surface area contributed by atoms with E-state index in [4.69, 9.17) is 0 Å². The van der Waals surface area contributed by atoms with Crippen LogP contribution in [0.25, 0.3) is 6.08 Å². The Bertz CT molecular complexity index is 705. The molecule has 0 atom stereocenters. The number of aliphatic imine (C=N–C) groups is 1. The van der Waals surface area contributed by atoms with Gasteiger partial charge in [0.05, 0.1) is 4.91 Å². The van der Waals surface area contributed by atoms with Gasteiger partial charge in [-0.2, -0.15) is 0 Å². The molecule has 0 aromatic heterocycles. The first-order chi connectivity index (χ1) is 9.72. The second-order valence-corrected chi connectivity index (χ2v) is 6.20. The number of nitrogens with zero attached hydrogens (tertiary/aromatic N) is 1. The lowest BCUT2D eigenvalue weighted by atomic mass is 10.2. The molecule has 1 aliphatic heterocycles. The van der Waals surface area contributed by atoms with Crippen LogP contribution in [0.5, 0.6) is 0 Å². The lowest BCUT2D eigenvalue weighted by Gasteiger charge is -1.98. The van der Waals surface area contributed by atoms with Crippen molar-refractivity contribution in [3.05, 3.63) is 75.1 Å². The fraction of sp³-hybridized carbons (Fsp3) is 0. The minimum Gasteiger partial charge on any atom is -0.266 e. The van der Waals surface area contributed by atoms with E-state index in [1.165, 1.54) is 11.8 Å². The molecule has 2 aromatic carbocycles. The molecule has 4 heteroatoms. The predicted octanol–water partition coefficient (Wildman–Crippen LogP) is 4.51. The van der Waals surface area contributed by atoms with Gasteiger partial charge < -0.3 is 0 Å². The van der Waals surface area contributed by atoms with E-state index in [-0.39, 0.29) is 5.91 Å². The SMILES string of the molecule is O=C1N=C(c2ccccc2)SC1=Cc1ccc(Br)cc1. The molecule has 0 bridgehead atoms. The van der Waals surface area contributed by atoms with Gasteiger partial charge in [0.2, 0.25) is 0 Å². The average molecular weight is 344 g/mol. The second kappa shape index (κ2) is 5.77. The Morgan fingerprint density at radius 3 is 2.40 bits per heavy atom. The standard InChI is InChI=1S/C16H10BrNOS/c17-13-8-6-11(7-9-13)10-14-15(19)18-16(20-14)12-4-2-1-3-5-12/h1-10H. The molecule has 0 N–H and O–H groups in total.